The van der Waals surface area contributed by atoms with Crippen molar-refractivity contribution in [3.63, 3.8) is 0 Å². The Balaban J connectivity index is 1.42. The lowest BCUT2D eigenvalue weighted by Crippen LogP contribution is -2.58. The fourth-order valence-electron chi connectivity index (χ4n) is 4.97. The van der Waals surface area contributed by atoms with Crippen LogP contribution in [-0.4, -0.2) is 37.7 Å². The maximum absolute atomic E-state index is 15.0. The van der Waals surface area contributed by atoms with E-state index in [-0.39, 0.29) is 17.5 Å². The Labute approximate surface area is 219 Å². The first-order valence-corrected chi connectivity index (χ1v) is 13.3. The minimum Gasteiger partial charge on any atom is -0.379 e. The molecule has 0 aliphatic carbocycles. The van der Waals surface area contributed by atoms with Crippen molar-refractivity contribution in [2.75, 3.05) is 6.54 Å². The lowest BCUT2D eigenvalue weighted by molar-refractivity contribution is -0.765. The van der Waals surface area contributed by atoms with E-state index < -0.39 is 23.3 Å². The molecule has 194 valence electrons. The van der Waals surface area contributed by atoms with Gasteiger partial charge in [-0.05, 0) is 29.0 Å². The van der Waals surface area contributed by atoms with Gasteiger partial charge < -0.3 is 5.11 Å². The third kappa shape index (κ3) is 5.08. The van der Waals surface area contributed by atoms with Gasteiger partial charge in [0.25, 0.3) is 0 Å². The van der Waals surface area contributed by atoms with E-state index in [1.54, 1.807) is 16.0 Å². The highest BCUT2D eigenvalue weighted by Gasteiger charge is 2.44. The highest BCUT2D eigenvalue weighted by Crippen LogP contribution is 2.37. The van der Waals surface area contributed by atoms with Crippen molar-refractivity contribution in [1.29, 1.82) is 0 Å². The minimum absolute atomic E-state index is 0.0359. The Morgan fingerprint density at radius 1 is 1.16 bits per heavy atom. The molecule has 2 N–H and O–H groups in total. The molecule has 9 heteroatoms. The zero-order valence-electron chi connectivity index (χ0n) is 21.5. The second-order valence-electron chi connectivity index (χ2n) is 10.8. The van der Waals surface area contributed by atoms with Crippen molar-refractivity contribution < 1.29 is 18.6 Å². The molecule has 1 aliphatic rings. The monoisotopic (exact) mass is 524 g/mol. The molecule has 0 radical (unpaired) electrons. The molecule has 6 nitrogen and oxygen atoms in total. The van der Waals surface area contributed by atoms with Gasteiger partial charge in [-0.2, -0.15) is 9.78 Å². The summed E-state index contributed by atoms with van der Waals surface area (Å²) in [5.74, 6) is -1.45. The second kappa shape index (κ2) is 9.70. The number of nitrogens with zero attached hydrogens (tertiary/aromatic N) is 4. The third-order valence-corrected chi connectivity index (χ3v) is 8.44. The molecule has 0 amide bonds. The second-order valence-corrected chi connectivity index (χ2v) is 11.9. The number of fused-ring (bicyclic) bond motifs is 1. The summed E-state index contributed by atoms with van der Waals surface area (Å²) in [7, 11) is 0. The summed E-state index contributed by atoms with van der Waals surface area (Å²) in [5.41, 5.74) is 1.95. The van der Waals surface area contributed by atoms with Gasteiger partial charge in [-0.25, -0.2) is 13.8 Å². The predicted octanol–water partition coefficient (Wildman–Crippen LogP) is 4.73. The first kappa shape index (κ1) is 25.6. The fourth-order valence-corrected chi connectivity index (χ4v) is 6.11. The van der Waals surface area contributed by atoms with E-state index in [4.69, 9.17) is 4.98 Å². The molecule has 1 aliphatic heterocycles. The molecule has 3 heterocycles. The number of aromatic nitrogens is 4. The molecule has 2 atom stereocenters. The standard InChI is InChI=1S/C28H31F2N5OS/c1-18(28(36,15-35-17-31-16-32-35)22-10-9-21(29)13-23(22)30)34-12-11-24-25(14-34)37-26(33-24)19-5-7-20(8-6-19)27(2,3)4/h5-10,13,16-18,36H,11-12,14-15H2,1-4H3/p+1/t18-,28-/m1/s1. The molecular weight excluding hydrogens is 492 g/mol. The van der Waals surface area contributed by atoms with Crippen LogP contribution in [0.4, 0.5) is 8.78 Å². The van der Waals surface area contributed by atoms with Crippen molar-refractivity contribution in [3.8, 4) is 10.6 Å². The summed E-state index contributed by atoms with van der Waals surface area (Å²) < 4.78 is 30.3. The van der Waals surface area contributed by atoms with E-state index in [0.29, 0.717) is 13.1 Å². The Hall–Kier alpha value is -3.01. The molecule has 2 aromatic heterocycles. The number of aliphatic hydroxyl groups is 1. The average molecular weight is 525 g/mol. The van der Waals surface area contributed by atoms with Gasteiger partial charge in [-0.3, -0.25) is 4.90 Å². The van der Waals surface area contributed by atoms with Crippen LogP contribution < -0.4 is 4.68 Å². The Bertz CT molecular complexity index is 1380. The Morgan fingerprint density at radius 3 is 2.57 bits per heavy atom. The maximum Gasteiger partial charge on any atom is 0.306 e. The van der Waals surface area contributed by atoms with Crippen molar-refractivity contribution in [3.05, 3.63) is 88.5 Å². The molecule has 0 saturated heterocycles. The van der Waals surface area contributed by atoms with Gasteiger partial charge in [0.15, 0.2) is 0 Å². The van der Waals surface area contributed by atoms with Gasteiger partial charge in [-0.15, -0.1) is 11.3 Å². The number of H-pyrrole nitrogens is 1. The quantitative estimate of drug-likeness (QED) is 0.358. The molecule has 0 saturated carbocycles. The minimum atomic E-state index is -1.64. The largest absolute Gasteiger partial charge is 0.379 e. The van der Waals surface area contributed by atoms with Gasteiger partial charge >= 0.3 is 6.33 Å². The van der Waals surface area contributed by atoms with Gasteiger partial charge in [0.1, 0.15) is 28.8 Å². The summed E-state index contributed by atoms with van der Waals surface area (Å²) in [6.45, 7) is 9.77. The molecule has 0 fully saturated rings. The third-order valence-electron chi connectivity index (χ3n) is 7.31. The van der Waals surface area contributed by atoms with Crippen LogP contribution in [0.1, 0.15) is 49.4 Å². The highest BCUT2D eigenvalue weighted by molar-refractivity contribution is 7.15. The van der Waals surface area contributed by atoms with Crippen molar-refractivity contribution in [2.24, 2.45) is 0 Å². The topological polar surface area (TPSA) is 68.9 Å². The molecule has 4 aromatic rings. The fraction of sp³-hybridized carbons (Fsp3) is 0.393. The maximum atomic E-state index is 15.0. The lowest BCUT2D eigenvalue weighted by Gasteiger charge is -2.41. The zero-order chi connectivity index (χ0) is 26.4. The number of nitrogens with one attached hydrogen (secondary N) is 1. The molecular formula is C28H32F2N5OS+. The van der Waals surface area contributed by atoms with Crippen LogP contribution in [0, 0.1) is 11.6 Å². The molecule has 37 heavy (non-hydrogen) atoms. The summed E-state index contributed by atoms with van der Waals surface area (Å²) in [4.78, 5) is 12.2. The van der Waals surface area contributed by atoms with E-state index in [0.717, 1.165) is 33.6 Å². The zero-order valence-corrected chi connectivity index (χ0v) is 22.3. The molecule has 5 rings (SSSR count). The SMILES string of the molecule is C[C@@H](N1CCc2nc(-c3ccc(C(C)(C)C)cc3)sc2C1)[C@](O)(C[n+]1cnc[nH]1)c1ccc(F)cc1F. The van der Waals surface area contributed by atoms with Gasteiger partial charge in [0.2, 0.25) is 6.33 Å². The number of rotatable bonds is 6. The van der Waals surface area contributed by atoms with E-state index >= 15 is 0 Å². The van der Waals surface area contributed by atoms with Crippen molar-refractivity contribution >= 4 is 11.3 Å². The van der Waals surface area contributed by atoms with Crippen LogP contribution in [0.3, 0.4) is 0 Å². The van der Waals surface area contributed by atoms with Crippen LogP contribution in [0.5, 0.6) is 0 Å². The number of benzene rings is 2. The van der Waals surface area contributed by atoms with Gasteiger partial charge in [0, 0.05) is 47.6 Å². The first-order valence-electron chi connectivity index (χ1n) is 12.4. The molecule has 0 bridgehead atoms. The van der Waals surface area contributed by atoms with Crippen LogP contribution in [0.15, 0.2) is 55.1 Å². The highest BCUT2D eigenvalue weighted by atomic mass is 32.1. The first-order chi connectivity index (χ1) is 17.5. The number of hydrogen-bond donors (Lipinski definition) is 2. The van der Waals surface area contributed by atoms with Crippen LogP contribution in [0.25, 0.3) is 10.6 Å². The van der Waals surface area contributed by atoms with Gasteiger partial charge in [0.05, 0.1) is 5.69 Å². The molecule has 0 spiro atoms. The summed E-state index contributed by atoms with van der Waals surface area (Å²) in [5, 5.41) is 15.9. The smallest absolute Gasteiger partial charge is 0.306 e. The number of hydrogen-bond acceptors (Lipinski definition) is 5. The Morgan fingerprint density at radius 2 is 1.92 bits per heavy atom. The van der Waals surface area contributed by atoms with Crippen molar-refractivity contribution in [1.82, 2.24) is 20.0 Å². The summed E-state index contributed by atoms with van der Waals surface area (Å²) in [6, 6.07) is 11.4. The van der Waals surface area contributed by atoms with Gasteiger partial charge in [-0.1, -0.05) is 51.1 Å². The normalized spacial score (nSPS) is 16.8. The van der Waals surface area contributed by atoms with E-state index in [9.17, 15) is 13.9 Å². The van der Waals surface area contributed by atoms with E-state index in [2.05, 4.69) is 60.0 Å². The van der Waals surface area contributed by atoms with Crippen LogP contribution >= 0.6 is 11.3 Å². The summed E-state index contributed by atoms with van der Waals surface area (Å²) in [6.07, 6.45) is 3.76. The van der Waals surface area contributed by atoms with Crippen LogP contribution in [-0.2, 0) is 30.5 Å². The van der Waals surface area contributed by atoms with E-state index in [1.165, 1.54) is 30.4 Å². The average Bonchev–Trinajstić information content (AvgIpc) is 3.52. The molecule has 0 unspecified atom stereocenters. The predicted molar refractivity (Wildman–Crippen MR) is 139 cm³/mol. The van der Waals surface area contributed by atoms with E-state index in [1.807, 2.05) is 6.92 Å². The van der Waals surface area contributed by atoms with Crippen LogP contribution in [0.2, 0.25) is 0 Å². The molecule has 2 aromatic carbocycles. The number of aromatic amines is 1. The lowest BCUT2D eigenvalue weighted by atomic mass is 9.85. The summed E-state index contributed by atoms with van der Waals surface area (Å²) >= 11 is 1.66. The number of thiazole rings is 1. The Kier molecular flexibility index (Phi) is 6.72. The number of halogens is 2. The van der Waals surface area contributed by atoms with Crippen molar-refractivity contribution in [2.45, 2.75) is 64.3 Å².